The number of para-hydroxylation sites is 1. The Labute approximate surface area is 273 Å². The number of anilines is 2. The lowest BCUT2D eigenvalue weighted by Crippen LogP contribution is -2.60. The molecule has 7 rings (SSSR count). The molecule has 1 saturated carbocycles. The fraction of sp³-hybridized carbons (Fsp3) is 0.353. The van der Waals surface area contributed by atoms with Crippen molar-refractivity contribution in [3.8, 4) is 0 Å². The van der Waals surface area contributed by atoms with Gasteiger partial charge in [-0.05, 0) is 80.8 Å². The van der Waals surface area contributed by atoms with Gasteiger partial charge in [-0.3, -0.25) is 4.79 Å². The molecule has 3 aromatic rings. The van der Waals surface area contributed by atoms with Crippen molar-refractivity contribution in [2.24, 2.45) is 16.8 Å². The summed E-state index contributed by atoms with van der Waals surface area (Å²) in [6, 6.07) is 16.9. The Hall–Kier alpha value is -4.62. The van der Waals surface area contributed by atoms with Gasteiger partial charge in [-0.2, -0.15) is 0 Å². The van der Waals surface area contributed by atoms with Crippen LogP contribution in [0.25, 0.3) is 0 Å². The Morgan fingerprint density at radius 2 is 1.53 bits per heavy atom. The van der Waals surface area contributed by atoms with Gasteiger partial charge in [-0.15, -0.1) is 0 Å². The summed E-state index contributed by atoms with van der Waals surface area (Å²) in [5, 5.41) is 5.20. The molecule has 2 bridgehead atoms. The molecule has 1 aliphatic carbocycles. The van der Waals surface area contributed by atoms with Crippen LogP contribution in [0, 0.1) is 17.7 Å². The number of hydrogen-bond acceptors (Lipinski definition) is 6. The molecule has 0 radical (unpaired) electrons. The maximum absolute atomic E-state index is 15.4. The van der Waals surface area contributed by atoms with Gasteiger partial charge in [-0.1, -0.05) is 36.4 Å². The SMILES string of the molecule is CN(C)S(=O)(=O)c1cccc(NC(=O)NC2(C)N=C(c3ccccc3F)c3ccccc3N(C(=O)N3CC4CCC(CC4)C3)C2=O)c1. The van der Waals surface area contributed by atoms with E-state index in [0.717, 1.165) is 34.9 Å². The van der Waals surface area contributed by atoms with Crippen LogP contribution < -0.4 is 15.5 Å². The van der Waals surface area contributed by atoms with Crippen LogP contribution in [0.1, 0.15) is 43.7 Å². The van der Waals surface area contributed by atoms with Gasteiger partial charge >= 0.3 is 12.1 Å². The van der Waals surface area contributed by atoms with Gasteiger partial charge < -0.3 is 15.5 Å². The van der Waals surface area contributed by atoms with Crippen LogP contribution in [-0.2, 0) is 14.8 Å². The molecule has 4 aliphatic rings. The molecule has 3 fully saturated rings. The summed E-state index contributed by atoms with van der Waals surface area (Å²) in [5.74, 6) is -0.745. The maximum atomic E-state index is 15.4. The number of imide groups is 1. The van der Waals surface area contributed by atoms with Crippen LogP contribution in [-0.4, -0.2) is 74.2 Å². The van der Waals surface area contributed by atoms with Crippen molar-refractivity contribution < 1.29 is 27.2 Å². The number of hydrogen-bond donors (Lipinski definition) is 2. The second-order valence-corrected chi connectivity index (χ2v) is 14.8. The number of fused-ring (bicyclic) bond motifs is 5. The summed E-state index contributed by atoms with van der Waals surface area (Å²) < 4.78 is 41.8. The highest BCUT2D eigenvalue weighted by Gasteiger charge is 2.47. The molecule has 2 N–H and O–H groups in total. The summed E-state index contributed by atoms with van der Waals surface area (Å²) in [5.41, 5.74) is -1.19. The standard InChI is InChI=1S/C34H37FN6O5S/c1-34(38-32(43)36-24-9-8-10-25(19-24)47(45,46)39(2)3)31(42)41(33(44)40-20-22-15-16-23(21-40)18-17-22)29-14-7-5-12-27(29)30(37-34)26-11-4-6-13-28(26)35/h4-14,19,22-23H,15-18,20-21H2,1-3H3,(H2,36,38,43). The number of nitrogens with zero attached hydrogens (tertiary/aromatic N) is 4. The zero-order valence-corrected chi connectivity index (χ0v) is 27.3. The van der Waals surface area contributed by atoms with Crippen LogP contribution in [0.3, 0.4) is 0 Å². The van der Waals surface area contributed by atoms with E-state index in [0.29, 0.717) is 30.5 Å². The van der Waals surface area contributed by atoms with E-state index >= 15 is 4.39 Å². The smallest absolute Gasteiger partial charge is 0.323 e. The monoisotopic (exact) mass is 660 g/mol. The summed E-state index contributed by atoms with van der Waals surface area (Å²) in [6.45, 7) is 2.39. The third kappa shape index (κ3) is 6.24. The number of rotatable bonds is 5. The van der Waals surface area contributed by atoms with Crippen molar-refractivity contribution in [2.45, 2.75) is 43.2 Å². The quantitative estimate of drug-likeness (QED) is 0.396. The molecule has 11 nitrogen and oxygen atoms in total. The van der Waals surface area contributed by atoms with E-state index in [2.05, 4.69) is 10.6 Å². The van der Waals surface area contributed by atoms with Crippen molar-refractivity contribution in [3.63, 3.8) is 0 Å². The molecule has 47 heavy (non-hydrogen) atoms. The molecule has 3 aliphatic heterocycles. The predicted molar refractivity (Wildman–Crippen MR) is 176 cm³/mol. The van der Waals surface area contributed by atoms with Crippen molar-refractivity contribution >= 4 is 45.1 Å². The van der Waals surface area contributed by atoms with Gasteiger partial charge in [0.2, 0.25) is 15.7 Å². The van der Waals surface area contributed by atoms with E-state index in [1.54, 1.807) is 35.2 Å². The highest BCUT2D eigenvalue weighted by Crippen LogP contribution is 2.37. The predicted octanol–water partition coefficient (Wildman–Crippen LogP) is 5.04. The summed E-state index contributed by atoms with van der Waals surface area (Å²) in [7, 11) is -1.00. The Morgan fingerprint density at radius 3 is 2.17 bits per heavy atom. The first-order valence-corrected chi connectivity index (χ1v) is 17.0. The van der Waals surface area contributed by atoms with Gasteiger partial charge in [0, 0.05) is 44.0 Å². The Balaban J connectivity index is 1.41. The molecule has 0 aromatic heterocycles. The van der Waals surface area contributed by atoms with E-state index in [1.807, 2.05) is 0 Å². The lowest BCUT2D eigenvalue weighted by atomic mass is 9.84. The molecule has 3 heterocycles. The van der Waals surface area contributed by atoms with Crippen LogP contribution in [0.4, 0.5) is 25.4 Å². The summed E-state index contributed by atoms with van der Waals surface area (Å²) in [6.07, 6.45) is 4.10. The minimum atomic E-state index is -3.79. The second kappa shape index (κ2) is 12.5. The van der Waals surface area contributed by atoms with Crippen LogP contribution in [0.2, 0.25) is 0 Å². The van der Waals surface area contributed by atoms with Crippen molar-refractivity contribution in [1.82, 2.24) is 14.5 Å². The molecule has 2 saturated heterocycles. The first-order valence-electron chi connectivity index (χ1n) is 15.6. The zero-order chi connectivity index (χ0) is 33.5. The molecular weight excluding hydrogens is 623 g/mol. The number of carbonyl (C=O) groups is 3. The fourth-order valence-corrected chi connectivity index (χ4v) is 7.53. The lowest BCUT2D eigenvalue weighted by molar-refractivity contribution is -0.123. The van der Waals surface area contributed by atoms with Gasteiger partial charge in [0.05, 0.1) is 16.3 Å². The fourth-order valence-electron chi connectivity index (χ4n) is 6.58. The first-order chi connectivity index (χ1) is 22.4. The van der Waals surface area contributed by atoms with Crippen molar-refractivity contribution in [3.05, 3.63) is 89.7 Å². The minimum Gasteiger partial charge on any atom is -0.323 e. The van der Waals surface area contributed by atoms with E-state index in [1.165, 1.54) is 63.5 Å². The average Bonchev–Trinajstić information content (AvgIpc) is 3.42. The number of halogens is 1. The number of nitrogens with one attached hydrogen (secondary N) is 2. The number of benzodiazepines with no additional fused rings is 1. The lowest BCUT2D eigenvalue weighted by Gasteiger charge is -2.34. The third-order valence-electron chi connectivity index (χ3n) is 9.10. The Bertz CT molecular complexity index is 1860. The number of benzene rings is 3. The molecule has 5 amide bonds. The van der Waals surface area contributed by atoms with Gasteiger partial charge in [-0.25, -0.2) is 36.6 Å². The van der Waals surface area contributed by atoms with Gasteiger partial charge in [0.1, 0.15) is 5.82 Å². The minimum absolute atomic E-state index is 0.0458. The first kappa shape index (κ1) is 32.3. The summed E-state index contributed by atoms with van der Waals surface area (Å²) >= 11 is 0. The highest BCUT2D eigenvalue weighted by atomic mass is 32.2. The average molecular weight is 661 g/mol. The van der Waals surface area contributed by atoms with E-state index in [4.69, 9.17) is 4.99 Å². The molecule has 1 atom stereocenters. The molecule has 246 valence electrons. The molecular formula is C34H37FN6O5S. The maximum Gasteiger partial charge on any atom is 0.331 e. The van der Waals surface area contributed by atoms with Gasteiger partial charge in [0.25, 0.3) is 5.91 Å². The molecule has 1 unspecified atom stereocenters. The number of sulfonamides is 1. The molecule has 3 aromatic carbocycles. The van der Waals surface area contributed by atoms with Gasteiger partial charge in [0.15, 0.2) is 0 Å². The van der Waals surface area contributed by atoms with Crippen LogP contribution >= 0.6 is 0 Å². The second-order valence-electron chi connectivity index (χ2n) is 12.6. The van der Waals surface area contributed by atoms with Crippen molar-refractivity contribution in [1.29, 1.82) is 0 Å². The Morgan fingerprint density at radius 1 is 0.915 bits per heavy atom. The van der Waals surface area contributed by atoms with Crippen LogP contribution in [0.5, 0.6) is 0 Å². The molecule has 13 heteroatoms. The number of aliphatic imine (C=N–C) groups is 1. The van der Waals surface area contributed by atoms with Crippen molar-refractivity contribution in [2.75, 3.05) is 37.4 Å². The zero-order valence-electron chi connectivity index (χ0n) is 26.4. The molecule has 0 spiro atoms. The number of urea groups is 2. The number of carbonyl (C=O) groups excluding carboxylic acids is 3. The van der Waals surface area contributed by atoms with E-state index < -0.39 is 39.5 Å². The van der Waals surface area contributed by atoms with E-state index in [9.17, 15) is 22.8 Å². The summed E-state index contributed by atoms with van der Waals surface area (Å²) in [4.78, 5) is 50.0. The topological polar surface area (TPSA) is 131 Å². The van der Waals surface area contributed by atoms with E-state index in [-0.39, 0.29) is 27.5 Å². The highest BCUT2D eigenvalue weighted by molar-refractivity contribution is 7.89. The largest absolute Gasteiger partial charge is 0.331 e. The third-order valence-corrected chi connectivity index (χ3v) is 10.9. The normalized spacial score (nSPS) is 22.7. The Kier molecular flexibility index (Phi) is 8.62. The number of amides is 5. The van der Waals surface area contributed by atoms with Crippen LogP contribution in [0.15, 0.2) is 82.7 Å².